The van der Waals surface area contributed by atoms with Gasteiger partial charge >= 0.3 is 0 Å². The van der Waals surface area contributed by atoms with Gasteiger partial charge in [-0.3, -0.25) is 4.79 Å². The van der Waals surface area contributed by atoms with Crippen LogP contribution in [-0.4, -0.2) is 30.7 Å². The van der Waals surface area contributed by atoms with E-state index in [1.807, 2.05) is 79.7 Å². The topological polar surface area (TPSA) is 59.6 Å². The molecule has 0 aliphatic carbocycles. The molecule has 6 heteroatoms. The molecule has 0 saturated heterocycles. The van der Waals surface area contributed by atoms with Crippen molar-refractivity contribution < 1.29 is 14.3 Å². The fourth-order valence-corrected chi connectivity index (χ4v) is 3.73. The summed E-state index contributed by atoms with van der Waals surface area (Å²) in [5.74, 6) is 1.34. The van der Waals surface area contributed by atoms with Crippen LogP contribution in [0.1, 0.15) is 49.2 Å². The van der Waals surface area contributed by atoms with E-state index in [1.165, 1.54) is 5.56 Å². The van der Waals surface area contributed by atoms with Crippen molar-refractivity contribution in [2.24, 2.45) is 0 Å². The molecule has 34 heavy (non-hydrogen) atoms. The van der Waals surface area contributed by atoms with Crippen molar-refractivity contribution in [1.82, 2.24) is 5.32 Å². The molecule has 3 aromatic rings. The van der Waals surface area contributed by atoms with Crippen LogP contribution in [0.4, 0.5) is 5.69 Å². The highest BCUT2D eigenvalue weighted by Gasteiger charge is 2.15. The van der Waals surface area contributed by atoms with Crippen LogP contribution in [0.3, 0.4) is 0 Å². The minimum atomic E-state index is -0.0453. The molecule has 0 bridgehead atoms. The zero-order valence-corrected chi connectivity index (χ0v) is 21.2. The number of benzene rings is 3. The lowest BCUT2D eigenvalue weighted by atomic mass is 9.86. The molecular formula is C28H32N2O3S. The number of hydrogen-bond acceptors (Lipinski definition) is 4. The van der Waals surface area contributed by atoms with Gasteiger partial charge in [0.05, 0.1) is 13.2 Å². The third kappa shape index (κ3) is 6.81. The van der Waals surface area contributed by atoms with Crippen molar-refractivity contribution in [3.05, 3.63) is 89.5 Å². The molecule has 0 aromatic heterocycles. The summed E-state index contributed by atoms with van der Waals surface area (Å²) in [6.07, 6.45) is 0. The van der Waals surface area contributed by atoms with E-state index in [1.54, 1.807) is 7.11 Å². The van der Waals surface area contributed by atoms with Crippen molar-refractivity contribution in [3.63, 3.8) is 0 Å². The van der Waals surface area contributed by atoms with Gasteiger partial charge in [0.15, 0.2) is 22.4 Å². The molecule has 3 rings (SSSR count). The Labute approximate surface area is 207 Å². The van der Waals surface area contributed by atoms with Crippen LogP contribution < -0.4 is 20.1 Å². The van der Waals surface area contributed by atoms with Crippen LogP contribution in [0.5, 0.6) is 11.5 Å². The van der Waals surface area contributed by atoms with E-state index in [4.69, 9.17) is 21.7 Å². The fraction of sp³-hybridized carbons (Fsp3) is 0.286. The second-order valence-corrected chi connectivity index (χ2v) is 9.61. The Morgan fingerprint density at radius 3 is 2.26 bits per heavy atom. The van der Waals surface area contributed by atoms with Crippen LogP contribution in [0.25, 0.3) is 0 Å². The van der Waals surface area contributed by atoms with Crippen LogP contribution in [0, 0.1) is 0 Å². The molecule has 3 aromatic carbocycles. The number of carbonyl (C=O) groups is 1. The number of carbonyl (C=O) groups excluding carboxylic acids is 1. The molecule has 1 atom stereocenters. The molecule has 0 heterocycles. The Morgan fingerprint density at radius 2 is 1.62 bits per heavy atom. The van der Waals surface area contributed by atoms with Crippen molar-refractivity contribution >= 4 is 28.8 Å². The van der Waals surface area contributed by atoms with Crippen molar-refractivity contribution in [2.75, 3.05) is 19.0 Å². The maximum atomic E-state index is 13.0. The van der Waals surface area contributed by atoms with Gasteiger partial charge in [0.25, 0.3) is 0 Å². The molecule has 0 spiro atoms. The number of hydrogen-bond donors (Lipinski definition) is 2. The second-order valence-electron chi connectivity index (χ2n) is 9.20. The number of ketones is 1. The van der Waals surface area contributed by atoms with Gasteiger partial charge < -0.3 is 20.1 Å². The lowest BCUT2D eigenvalue weighted by Gasteiger charge is -2.19. The van der Waals surface area contributed by atoms with E-state index in [2.05, 4.69) is 31.4 Å². The van der Waals surface area contributed by atoms with E-state index in [9.17, 15) is 4.79 Å². The van der Waals surface area contributed by atoms with Gasteiger partial charge in [-0.05, 0) is 54.4 Å². The number of para-hydroxylation sites is 2. The zero-order chi connectivity index (χ0) is 24.7. The van der Waals surface area contributed by atoms with Gasteiger partial charge in [-0.1, -0.05) is 69.3 Å². The van der Waals surface area contributed by atoms with Gasteiger partial charge in [0.2, 0.25) is 0 Å². The minimum Gasteiger partial charge on any atom is -0.493 e. The number of methoxy groups -OCH3 is 1. The molecular weight excluding hydrogens is 444 g/mol. The van der Waals surface area contributed by atoms with Gasteiger partial charge in [-0.15, -0.1) is 0 Å². The molecule has 0 aliphatic rings. The molecule has 0 fully saturated rings. The number of rotatable bonds is 8. The summed E-state index contributed by atoms with van der Waals surface area (Å²) in [6.45, 7) is 8.85. The first-order valence-corrected chi connectivity index (χ1v) is 11.7. The maximum Gasteiger partial charge on any atom is 0.193 e. The maximum absolute atomic E-state index is 13.0. The standard InChI is InChI=1S/C28H32N2O3S/c1-19(18-33-25-12-7-6-11-24(25)32-5)29-27(34)30-23-10-8-9-21(17-23)26(31)20-13-15-22(16-14-20)28(2,3)4/h6-17,19H,18H2,1-5H3,(H2,29,30,34)/t19-/m1/s1. The number of nitrogens with one attached hydrogen (secondary N) is 2. The third-order valence-corrected chi connectivity index (χ3v) is 5.55. The highest BCUT2D eigenvalue weighted by molar-refractivity contribution is 7.80. The number of thiocarbonyl (C=S) groups is 1. The Balaban J connectivity index is 1.58. The first-order chi connectivity index (χ1) is 16.2. The Kier molecular flexibility index (Phi) is 8.29. The summed E-state index contributed by atoms with van der Waals surface area (Å²) in [5.41, 5.74) is 3.24. The summed E-state index contributed by atoms with van der Waals surface area (Å²) in [7, 11) is 1.61. The van der Waals surface area contributed by atoms with E-state index < -0.39 is 0 Å². The SMILES string of the molecule is COc1ccccc1OC[C@@H](C)NC(=S)Nc1cccc(C(=O)c2ccc(C(C)(C)C)cc2)c1. The molecule has 5 nitrogen and oxygen atoms in total. The monoisotopic (exact) mass is 476 g/mol. The van der Waals surface area contributed by atoms with Crippen LogP contribution in [0.2, 0.25) is 0 Å². The van der Waals surface area contributed by atoms with E-state index in [-0.39, 0.29) is 17.2 Å². The lowest BCUT2D eigenvalue weighted by Crippen LogP contribution is -2.39. The van der Waals surface area contributed by atoms with Crippen LogP contribution in [0.15, 0.2) is 72.8 Å². The molecule has 0 amide bonds. The number of anilines is 1. The van der Waals surface area contributed by atoms with E-state index in [0.29, 0.717) is 34.3 Å². The smallest absolute Gasteiger partial charge is 0.193 e. The van der Waals surface area contributed by atoms with E-state index in [0.717, 1.165) is 5.69 Å². The Morgan fingerprint density at radius 1 is 0.941 bits per heavy atom. The molecule has 0 saturated carbocycles. The predicted molar refractivity (Wildman–Crippen MR) is 142 cm³/mol. The normalized spacial score (nSPS) is 11.9. The quantitative estimate of drug-likeness (QED) is 0.308. The molecule has 0 aliphatic heterocycles. The average Bonchev–Trinajstić information content (AvgIpc) is 2.82. The lowest BCUT2D eigenvalue weighted by molar-refractivity contribution is 0.103. The third-order valence-electron chi connectivity index (χ3n) is 5.33. The van der Waals surface area contributed by atoms with Crippen LogP contribution in [-0.2, 0) is 5.41 Å². The molecule has 2 N–H and O–H groups in total. The van der Waals surface area contributed by atoms with Gasteiger partial charge in [-0.25, -0.2) is 0 Å². The summed E-state index contributed by atoms with van der Waals surface area (Å²) in [5, 5.41) is 6.82. The summed E-state index contributed by atoms with van der Waals surface area (Å²) >= 11 is 5.46. The van der Waals surface area contributed by atoms with Gasteiger partial charge in [0.1, 0.15) is 6.61 Å². The molecule has 178 valence electrons. The van der Waals surface area contributed by atoms with Crippen molar-refractivity contribution in [3.8, 4) is 11.5 Å². The minimum absolute atomic E-state index is 0.0263. The Bertz CT molecular complexity index is 1140. The van der Waals surface area contributed by atoms with E-state index >= 15 is 0 Å². The van der Waals surface area contributed by atoms with Crippen molar-refractivity contribution in [2.45, 2.75) is 39.2 Å². The van der Waals surface area contributed by atoms with Crippen LogP contribution >= 0.6 is 12.2 Å². The summed E-state index contributed by atoms with van der Waals surface area (Å²) in [6, 6.07) is 22.6. The molecule has 0 unspecified atom stereocenters. The number of ether oxygens (including phenoxy) is 2. The highest BCUT2D eigenvalue weighted by atomic mass is 32.1. The predicted octanol–water partition coefficient (Wildman–Crippen LogP) is 5.98. The zero-order valence-electron chi connectivity index (χ0n) is 20.3. The van der Waals surface area contributed by atoms with Gasteiger partial charge in [0, 0.05) is 16.8 Å². The van der Waals surface area contributed by atoms with Crippen molar-refractivity contribution in [1.29, 1.82) is 0 Å². The highest BCUT2D eigenvalue weighted by Crippen LogP contribution is 2.26. The average molecular weight is 477 g/mol. The largest absolute Gasteiger partial charge is 0.493 e. The van der Waals surface area contributed by atoms with Gasteiger partial charge in [-0.2, -0.15) is 0 Å². The Hall–Kier alpha value is -3.38. The first-order valence-electron chi connectivity index (χ1n) is 11.3. The fourth-order valence-electron chi connectivity index (χ4n) is 3.41. The first kappa shape index (κ1) is 25.2. The second kappa shape index (κ2) is 11.2. The summed E-state index contributed by atoms with van der Waals surface area (Å²) < 4.78 is 11.2. The summed E-state index contributed by atoms with van der Waals surface area (Å²) in [4.78, 5) is 13.0. The molecule has 0 radical (unpaired) electrons.